The van der Waals surface area contributed by atoms with E-state index in [0.29, 0.717) is 5.75 Å². The number of nitriles is 1. The second-order valence-electron chi connectivity index (χ2n) is 8.18. The second-order valence-corrected chi connectivity index (χ2v) is 8.18. The normalized spacial score (nSPS) is 13.2. The van der Waals surface area contributed by atoms with Crippen LogP contribution in [0.4, 0.5) is 0 Å². The summed E-state index contributed by atoms with van der Waals surface area (Å²) in [6.45, 7) is 14.2. The molecule has 1 aromatic rings. The van der Waals surface area contributed by atoms with Crippen LogP contribution in [0.3, 0.4) is 0 Å². The largest absolute Gasteiger partial charge is 0.507 e. The van der Waals surface area contributed by atoms with Crippen molar-refractivity contribution in [2.24, 2.45) is 5.92 Å². The maximum Gasteiger partial charge on any atom is 0.323 e. The third-order valence-corrected chi connectivity index (χ3v) is 3.95. The molecular weight excluding hydrogens is 302 g/mol. The molecule has 0 saturated heterocycles. The lowest BCUT2D eigenvalue weighted by Gasteiger charge is -2.28. The fourth-order valence-electron chi connectivity index (χ4n) is 2.62. The Labute approximate surface area is 145 Å². The fourth-order valence-corrected chi connectivity index (χ4v) is 2.62. The summed E-state index contributed by atoms with van der Waals surface area (Å²) in [7, 11) is 0. The van der Waals surface area contributed by atoms with E-state index in [1.807, 2.05) is 59.7 Å². The number of phenolic OH excluding ortho intramolecular Hbond substituents is 1. The number of carbonyl (C=O) groups excluding carboxylic acids is 1. The van der Waals surface area contributed by atoms with Gasteiger partial charge >= 0.3 is 5.97 Å². The van der Waals surface area contributed by atoms with Gasteiger partial charge in [0, 0.05) is 0 Å². The molecule has 0 amide bonds. The molecule has 0 fully saturated rings. The van der Waals surface area contributed by atoms with Crippen molar-refractivity contribution in [2.75, 3.05) is 6.61 Å². The Morgan fingerprint density at radius 2 is 1.62 bits per heavy atom. The van der Waals surface area contributed by atoms with Gasteiger partial charge in [-0.05, 0) is 40.9 Å². The Bertz CT molecular complexity index is 607. The Hall–Kier alpha value is -2.02. The van der Waals surface area contributed by atoms with Crippen molar-refractivity contribution in [1.29, 1.82) is 5.26 Å². The lowest BCUT2D eigenvalue weighted by molar-refractivity contribution is -0.145. The van der Waals surface area contributed by atoms with E-state index in [-0.39, 0.29) is 23.9 Å². The second kappa shape index (κ2) is 7.25. The number of ether oxygens (including phenoxy) is 1. The topological polar surface area (TPSA) is 70.3 Å². The van der Waals surface area contributed by atoms with Crippen molar-refractivity contribution in [3.8, 4) is 11.8 Å². The van der Waals surface area contributed by atoms with Crippen LogP contribution < -0.4 is 0 Å². The number of rotatable bonds is 4. The number of benzene rings is 1. The van der Waals surface area contributed by atoms with E-state index in [4.69, 9.17) is 4.74 Å². The van der Waals surface area contributed by atoms with E-state index in [9.17, 15) is 15.2 Å². The van der Waals surface area contributed by atoms with Gasteiger partial charge in [0.1, 0.15) is 11.7 Å². The number of nitrogens with zero attached hydrogens (tertiary/aromatic N) is 1. The van der Waals surface area contributed by atoms with Gasteiger partial charge in [-0.1, -0.05) is 53.7 Å². The first-order valence-electron chi connectivity index (χ1n) is 8.35. The zero-order valence-corrected chi connectivity index (χ0v) is 15.9. The molecule has 0 aliphatic heterocycles. The summed E-state index contributed by atoms with van der Waals surface area (Å²) in [5, 5.41) is 20.0. The van der Waals surface area contributed by atoms with Gasteiger partial charge < -0.3 is 9.84 Å². The van der Waals surface area contributed by atoms with Crippen LogP contribution >= 0.6 is 0 Å². The maximum atomic E-state index is 11.9. The van der Waals surface area contributed by atoms with Gasteiger partial charge in [-0.25, -0.2) is 0 Å². The van der Waals surface area contributed by atoms with Gasteiger partial charge in [0.05, 0.1) is 12.7 Å². The van der Waals surface area contributed by atoms with Gasteiger partial charge in [-0.3, -0.25) is 4.79 Å². The lowest BCUT2D eigenvalue weighted by atomic mass is 9.77. The van der Waals surface area contributed by atoms with Crippen molar-refractivity contribution in [1.82, 2.24) is 0 Å². The minimum Gasteiger partial charge on any atom is -0.507 e. The van der Waals surface area contributed by atoms with E-state index in [1.165, 1.54) is 0 Å². The summed E-state index contributed by atoms with van der Waals surface area (Å²) in [6, 6.07) is 5.82. The number of esters is 1. The molecule has 0 aliphatic rings. The first-order valence-corrected chi connectivity index (χ1v) is 8.35. The predicted octanol–water partition coefficient (Wildman–Crippen LogP) is 4.23. The maximum absolute atomic E-state index is 11.9. The molecule has 0 radical (unpaired) electrons. The molecule has 0 bridgehead atoms. The first kappa shape index (κ1) is 20.0. The van der Waals surface area contributed by atoms with Crippen LogP contribution in [-0.2, 0) is 26.8 Å². The molecule has 0 saturated carbocycles. The molecule has 0 unspecified atom stereocenters. The average Bonchev–Trinajstić information content (AvgIpc) is 2.43. The quantitative estimate of drug-likeness (QED) is 0.838. The highest BCUT2D eigenvalue weighted by Crippen LogP contribution is 2.40. The van der Waals surface area contributed by atoms with Gasteiger partial charge in [0.15, 0.2) is 0 Å². The molecule has 1 aromatic carbocycles. The van der Waals surface area contributed by atoms with Crippen molar-refractivity contribution < 1.29 is 14.6 Å². The van der Waals surface area contributed by atoms with E-state index < -0.39 is 11.9 Å². The number of aromatic hydroxyl groups is 1. The van der Waals surface area contributed by atoms with Crippen molar-refractivity contribution >= 4 is 5.97 Å². The van der Waals surface area contributed by atoms with E-state index in [2.05, 4.69) is 0 Å². The van der Waals surface area contributed by atoms with E-state index in [0.717, 1.165) is 16.7 Å². The molecule has 132 valence electrons. The minimum atomic E-state index is -0.838. The zero-order valence-electron chi connectivity index (χ0n) is 15.9. The Morgan fingerprint density at radius 3 is 1.96 bits per heavy atom. The molecule has 0 aliphatic carbocycles. The van der Waals surface area contributed by atoms with Gasteiger partial charge in [-0.2, -0.15) is 5.26 Å². The van der Waals surface area contributed by atoms with Crippen molar-refractivity contribution in [2.45, 2.75) is 65.7 Å². The van der Waals surface area contributed by atoms with Gasteiger partial charge in [0.2, 0.25) is 0 Å². The monoisotopic (exact) mass is 331 g/mol. The molecule has 1 N–H and O–H groups in total. The molecule has 0 spiro atoms. The fraction of sp³-hybridized carbons (Fsp3) is 0.600. The SMILES string of the molecule is CCOC(=O)[C@@H](C#N)Cc1cc(C(C)(C)C)c(O)c(C(C)(C)C)c1. The molecule has 1 atom stereocenters. The molecule has 4 nitrogen and oxygen atoms in total. The molecule has 0 heterocycles. The number of carbonyl (C=O) groups is 1. The molecule has 24 heavy (non-hydrogen) atoms. The summed E-state index contributed by atoms with van der Waals surface area (Å²) >= 11 is 0. The van der Waals surface area contributed by atoms with Gasteiger partial charge in [-0.15, -0.1) is 0 Å². The third-order valence-electron chi connectivity index (χ3n) is 3.95. The summed E-state index contributed by atoms with van der Waals surface area (Å²) in [5.41, 5.74) is 2.02. The molecular formula is C20H29NO3. The summed E-state index contributed by atoms with van der Waals surface area (Å²) in [4.78, 5) is 11.9. The van der Waals surface area contributed by atoms with E-state index in [1.54, 1.807) is 6.92 Å². The molecule has 0 aromatic heterocycles. The van der Waals surface area contributed by atoms with E-state index >= 15 is 0 Å². The van der Waals surface area contributed by atoms with Crippen LogP contribution in [0.2, 0.25) is 0 Å². The summed E-state index contributed by atoms with van der Waals surface area (Å²) in [6.07, 6.45) is 0.280. The third kappa shape index (κ3) is 4.74. The molecule has 1 rings (SSSR count). The Kier molecular flexibility index (Phi) is 6.05. The smallest absolute Gasteiger partial charge is 0.323 e. The zero-order chi connectivity index (χ0) is 18.7. The Morgan fingerprint density at radius 1 is 1.17 bits per heavy atom. The number of hydrogen-bond acceptors (Lipinski definition) is 4. The summed E-state index contributed by atoms with van der Waals surface area (Å²) < 4.78 is 4.98. The van der Waals surface area contributed by atoms with Crippen molar-refractivity contribution in [3.63, 3.8) is 0 Å². The number of hydrogen-bond donors (Lipinski definition) is 1. The predicted molar refractivity (Wildman–Crippen MR) is 94.9 cm³/mol. The van der Waals surface area contributed by atoms with Crippen LogP contribution in [-0.4, -0.2) is 17.7 Å². The van der Waals surface area contributed by atoms with Crippen LogP contribution in [0.1, 0.15) is 65.2 Å². The van der Waals surface area contributed by atoms with Crippen LogP contribution in [0, 0.1) is 17.2 Å². The Balaban J connectivity index is 3.39. The highest BCUT2D eigenvalue weighted by Gasteiger charge is 2.28. The minimum absolute atomic E-state index is 0.244. The van der Waals surface area contributed by atoms with Gasteiger partial charge in [0.25, 0.3) is 0 Å². The lowest BCUT2D eigenvalue weighted by Crippen LogP contribution is -2.21. The molecule has 4 heteroatoms. The standard InChI is InChI=1S/C20H29NO3/c1-8-24-18(23)14(12-21)9-13-10-15(19(2,3)4)17(22)16(11-13)20(5,6)7/h10-11,14,22H,8-9H2,1-7H3/t14-/m1/s1. The van der Waals surface area contributed by atoms with Crippen LogP contribution in [0.5, 0.6) is 5.75 Å². The highest BCUT2D eigenvalue weighted by atomic mass is 16.5. The highest BCUT2D eigenvalue weighted by molar-refractivity contribution is 5.75. The summed E-state index contributed by atoms with van der Waals surface area (Å²) in [5.74, 6) is -1.04. The van der Waals surface area contributed by atoms with Crippen LogP contribution in [0.15, 0.2) is 12.1 Å². The number of phenols is 1. The van der Waals surface area contributed by atoms with Crippen LogP contribution in [0.25, 0.3) is 0 Å². The average molecular weight is 331 g/mol. The van der Waals surface area contributed by atoms with Crippen molar-refractivity contribution in [3.05, 3.63) is 28.8 Å². The first-order chi connectivity index (χ1) is 10.9.